The molecule has 0 aliphatic heterocycles. The molecule has 0 heterocycles. The normalized spacial score (nSPS) is 11.3. The third-order valence-electron chi connectivity index (χ3n) is 2.55. The SMILES string of the molecule is CNCCN(Cc1ccccc1)CC(C)C. The summed E-state index contributed by atoms with van der Waals surface area (Å²) in [4.78, 5) is 2.51. The molecule has 0 aliphatic rings. The molecule has 1 aromatic rings. The maximum atomic E-state index is 3.22. The summed E-state index contributed by atoms with van der Waals surface area (Å²) in [6, 6.07) is 10.7. The second-order valence-corrected chi connectivity index (χ2v) is 4.72. The first-order valence-corrected chi connectivity index (χ1v) is 6.13. The number of likely N-dealkylation sites (N-methyl/N-ethyl adjacent to an activating group) is 1. The standard InChI is InChI=1S/C14H24N2/c1-13(2)11-16(10-9-15-3)12-14-7-5-4-6-8-14/h4-8,13,15H,9-12H2,1-3H3. The lowest BCUT2D eigenvalue weighted by Crippen LogP contribution is -2.33. The van der Waals surface area contributed by atoms with Crippen LogP contribution in [0.2, 0.25) is 0 Å². The molecule has 1 aromatic carbocycles. The van der Waals surface area contributed by atoms with Gasteiger partial charge in [-0.2, -0.15) is 0 Å². The largest absolute Gasteiger partial charge is 0.318 e. The first kappa shape index (κ1) is 13.2. The molecule has 0 aromatic heterocycles. The van der Waals surface area contributed by atoms with Crippen molar-refractivity contribution in [2.45, 2.75) is 20.4 Å². The molecular formula is C14H24N2. The summed E-state index contributed by atoms with van der Waals surface area (Å²) in [5.74, 6) is 0.723. The number of benzene rings is 1. The predicted molar refractivity (Wildman–Crippen MR) is 70.5 cm³/mol. The fraction of sp³-hybridized carbons (Fsp3) is 0.571. The van der Waals surface area contributed by atoms with Crippen molar-refractivity contribution < 1.29 is 0 Å². The Morgan fingerprint density at radius 3 is 2.44 bits per heavy atom. The maximum absolute atomic E-state index is 3.22. The highest BCUT2D eigenvalue weighted by atomic mass is 15.1. The lowest BCUT2D eigenvalue weighted by Gasteiger charge is -2.24. The van der Waals surface area contributed by atoms with Gasteiger partial charge in [0.2, 0.25) is 0 Å². The molecule has 1 rings (SSSR count). The Hall–Kier alpha value is -0.860. The van der Waals surface area contributed by atoms with Gasteiger partial charge in [0.25, 0.3) is 0 Å². The van der Waals surface area contributed by atoms with Crippen LogP contribution < -0.4 is 5.32 Å². The van der Waals surface area contributed by atoms with Crippen LogP contribution in [0.15, 0.2) is 30.3 Å². The molecule has 0 bridgehead atoms. The van der Waals surface area contributed by atoms with Crippen molar-refractivity contribution in [3.8, 4) is 0 Å². The van der Waals surface area contributed by atoms with Crippen molar-refractivity contribution >= 4 is 0 Å². The zero-order valence-corrected chi connectivity index (χ0v) is 10.7. The van der Waals surface area contributed by atoms with E-state index in [1.165, 1.54) is 5.56 Å². The topological polar surface area (TPSA) is 15.3 Å². The van der Waals surface area contributed by atoms with Crippen LogP contribution in [0.5, 0.6) is 0 Å². The molecule has 2 nitrogen and oxygen atoms in total. The molecular weight excluding hydrogens is 196 g/mol. The number of nitrogens with one attached hydrogen (secondary N) is 1. The number of nitrogens with zero attached hydrogens (tertiary/aromatic N) is 1. The second-order valence-electron chi connectivity index (χ2n) is 4.72. The smallest absolute Gasteiger partial charge is 0.0234 e. The fourth-order valence-corrected chi connectivity index (χ4v) is 1.86. The fourth-order valence-electron chi connectivity index (χ4n) is 1.86. The molecule has 0 amide bonds. The lowest BCUT2D eigenvalue weighted by atomic mass is 10.1. The summed E-state index contributed by atoms with van der Waals surface area (Å²) in [7, 11) is 2.01. The van der Waals surface area contributed by atoms with E-state index in [-0.39, 0.29) is 0 Å². The van der Waals surface area contributed by atoms with Crippen LogP contribution in [0.4, 0.5) is 0 Å². The average Bonchev–Trinajstić information content (AvgIpc) is 2.26. The van der Waals surface area contributed by atoms with Crippen LogP contribution in [0, 0.1) is 5.92 Å². The molecule has 0 atom stereocenters. The van der Waals surface area contributed by atoms with Crippen molar-refractivity contribution in [3.05, 3.63) is 35.9 Å². The minimum Gasteiger partial charge on any atom is -0.318 e. The summed E-state index contributed by atoms with van der Waals surface area (Å²) in [6.45, 7) is 8.94. The number of hydrogen-bond acceptors (Lipinski definition) is 2. The molecule has 1 N–H and O–H groups in total. The van der Waals surface area contributed by atoms with E-state index in [0.29, 0.717) is 0 Å². The monoisotopic (exact) mass is 220 g/mol. The molecule has 0 fully saturated rings. The Morgan fingerprint density at radius 1 is 1.19 bits per heavy atom. The van der Waals surface area contributed by atoms with Gasteiger partial charge in [-0.15, -0.1) is 0 Å². The Balaban J connectivity index is 2.49. The van der Waals surface area contributed by atoms with E-state index in [1.807, 2.05) is 7.05 Å². The van der Waals surface area contributed by atoms with Gasteiger partial charge < -0.3 is 5.32 Å². The van der Waals surface area contributed by atoms with E-state index in [2.05, 4.69) is 54.4 Å². The van der Waals surface area contributed by atoms with E-state index in [4.69, 9.17) is 0 Å². The first-order valence-electron chi connectivity index (χ1n) is 6.13. The van der Waals surface area contributed by atoms with Gasteiger partial charge in [-0.25, -0.2) is 0 Å². The number of rotatable bonds is 7. The highest BCUT2D eigenvalue weighted by Gasteiger charge is 2.07. The van der Waals surface area contributed by atoms with Gasteiger partial charge in [-0.3, -0.25) is 4.90 Å². The van der Waals surface area contributed by atoms with E-state index in [0.717, 1.165) is 32.1 Å². The quantitative estimate of drug-likeness (QED) is 0.759. The molecule has 0 saturated heterocycles. The minimum absolute atomic E-state index is 0.723. The van der Waals surface area contributed by atoms with Gasteiger partial charge in [0.15, 0.2) is 0 Å². The molecule has 90 valence electrons. The average molecular weight is 220 g/mol. The van der Waals surface area contributed by atoms with Crippen molar-refractivity contribution in [3.63, 3.8) is 0 Å². The molecule has 16 heavy (non-hydrogen) atoms. The Kier molecular flexibility index (Phi) is 6.12. The van der Waals surface area contributed by atoms with Crippen LogP contribution in [-0.4, -0.2) is 31.6 Å². The summed E-state index contributed by atoms with van der Waals surface area (Å²) in [6.07, 6.45) is 0. The predicted octanol–water partition coefficient (Wildman–Crippen LogP) is 2.36. The van der Waals surface area contributed by atoms with Crippen LogP contribution in [0.25, 0.3) is 0 Å². The Morgan fingerprint density at radius 2 is 1.88 bits per heavy atom. The highest BCUT2D eigenvalue weighted by molar-refractivity contribution is 5.14. The van der Waals surface area contributed by atoms with E-state index < -0.39 is 0 Å². The van der Waals surface area contributed by atoms with E-state index in [9.17, 15) is 0 Å². The van der Waals surface area contributed by atoms with Crippen LogP contribution in [0.1, 0.15) is 19.4 Å². The van der Waals surface area contributed by atoms with E-state index in [1.54, 1.807) is 0 Å². The van der Waals surface area contributed by atoms with E-state index >= 15 is 0 Å². The second kappa shape index (κ2) is 7.42. The third kappa shape index (κ3) is 5.29. The van der Waals surface area contributed by atoms with Crippen LogP contribution >= 0.6 is 0 Å². The maximum Gasteiger partial charge on any atom is 0.0234 e. The summed E-state index contributed by atoms with van der Waals surface area (Å²) < 4.78 is 0. The Labute approximate surface area is 99.7 Å². The summed E-state index contributed by atoms with van der Waals surface area (Å²) in [5, 5.41) is 3.22. The van der Waals surface area contributed by atoms with Crippen LogP contribution in [-0.2, 0) is 6.54 Å². The molecule has 0 saturated carbocycles. The molecule has 2 heteroatoms. The van der Waals surface area contributed by atoms with Crippen molar-refractivity contribution in [1.82, 2.24) is 10.2 Å². The third-order valence-corrected chi connectivity index (χ3v) is 2.55. The van der Waals surface area contributed by atoms with Crippen molar-refractivity contribution in [1.29, 1.82) is 0 Å². The lowest BCUT2D eigenvalue weighted by molar-refractivity contribution is 0.238. The highest BCUT2D eigenvalue weighted by Crippen LogP contribution is 2.06. The van der Waals surface area contributed by atoms with Crippen LogP contribution in [0.3, 0.4) is 0 Å². The zero-order valence-electron chi connectivity index (χ0n) is 10.7. The van der Waals surface area contributed by atoms with Gasteiger partial charge in [0.05, 0.1) is 0 Å². The van der Waals surface area contributed by atoms with Crippen molar-refractivity contribution in [2.75, 3.05) is 26.7 Å². The van der Waals surface area contributed by atoms with Crippen molar-refractivity contribution in [2.24, 2.45) is 5.92 Å². The van der Waals surface area contributed by atoms with Gasteiger partial charge in [-0.05, 0) is 18.5 Å². The molecule has 0 spiro atoms. The summed E-state index contributed by atoms with van der Waals surface area (Å²) in [5.41, 5.74) is 1.40. The van der Waals surface area contributed by atoms with Gasteiger partial charge in [0.1, 0.15) is 0 Å². The summed E-state index contributed by atoms with van der Waals surface area (Å²) >= 11 is 0. The zero-order chi connectivity index (χ0) is 11.8. The Bertz CT molecular complexity index is 269. The number of hydrogen-bond donors (Lipinski definition) is 1. The molecule has 0 aliphatic carbocycles. The molecule has 0 radical (unpaired) electrons. The van der Waals surface area contributed by atoms with Gasteiger partial charge in [-0.1, -0.05) is 44.2 Å². The molecule has 0 unspecified atom stereocenters. The first-order chi connectivity index (χ1) is 7.72. The van der Waals surface area contributed by atoms with Gasteiger partial charge in [0, 0.05) is 26.2 Å². The van der Waals surface area contributed by atoms with Gasteiger partial charge >= 0.3 is 0 Å². The minimum atomic E-state index is 0.723.